The second-order valence-electron chi connectivity index (χ2n) is 4.58. The fourth-order valence-corrected chi connectivity index (χ4v) is 3.59. The summed E-state index contributed by atoms with van der Waals surface area (Å²) in [4.78, 5) is 0.146. The van der Waals surface area contributed by atoms with Gasteiger partial charge >= 0.3 is 0 Å². The van der Waals surface area contributed by atoms with Gasteiger partial charge in [0.1, 0.15) is 0 Å². The van der Waals surface area contributed by atoms with Crippen molar-refractivity contribution < 1.29 is 8.42 Å². The molecule has 0 saturated heterocycles. The molecule has 2 aromatic carbocycles. The van der Waals surface area contributed by atoms with E-state index in [0.717, 1.165) is 10.0 Å². The van der Waals surface area contributed by atoms with Crippen molar-refractivity contribution in [3.05, 3.63) is 57.0 Å². The largest absolute Gasteiger partial charge is 0.398 e. The number of nitrogens with one attached hydrogen (secondary N) is 1. The SMILES string of the molecule is C[C@H](NS(=O)(=O)c1ccc(Br)c(N)c1)c1ccc(Br)cc1. The van der Waals surface area contributed by atoms with Crippen LogP contribution in [0, 0.1) is 0 Å². The molecule has 0 bridgehead atoms. The van der Waals surface area contributed by atoms with Crippen molar-refractivity contribution in [2.45, 2.75) is 17.9 Å². The van der Waals surface area contributed by atoms with Crippen LogP contribution >= 0.6 is 31.9 Å². The van der Waals surface area contributed by atoms with Crippen molar-refractivity contribution in [3.8, 4) is 0 Å². The second-order valence-corrected chi connectivity index (χ2v) is 8.06. The highest BCUT2D eigenvalue weighted by Crippen LogP contribution is 2.24. The van der Waals surface area contributed by atoms with Gasteiger partial charge in [-0.2, -0.15) is 0 Å². The summed E-state index contributed by atoms with van der Waals surface area (Å²) in [6.45, 7) is 1.79. The molecule has 112 valence electrons. The van der Waals surface area contributed by atoms with Gasteiger partial charge in [0.2, 0.25) is 10.0 Å². The van der Waals surface area contributed by atoms with Crippen LogP contribution in [0.2, 0.25) is 0 Å². The average molecular weight is 434 g/mol. The molecule has 0 heterocycles. The zero-order valence-corrected chi connectivity index (χ0v) is 15.2. The van der Waals surface area contributed by atoms with Crippen LogP contribution in [-0.2, 0) is 10.0 Å². The maximum absolute atomic E-state index is 12.4. The molecule has 4 nitrogen and oxygen atoms in total. The van der Waals surface area contributed by atoms with E-state index in [4.69, 9.17) is 5.73 Å². The van der Waals surface area contributed by atoms with Crippen molar-refractivity contribution in [2.24, 2.45) is 0 Å². The summed E-state index contributed by atoms with van der Waals surface area (Å²) in [5, 5.41) is 0. The molecule has 0 radical (unpaired) electrons. The molecule has 0 saturated carbocycles. The van der Waals surface area contributed by atoms with Gasteiger partial charge in [0.25, 0.3) is 0 Å². The smallest absolute Gasteiger partial charge is 0.241 e. The Morgan fingerprint density at radius 1 is 1.10 bits per heavy atom. The van der Waals surface area contributed by atoms with Gasteiger partial charge in [-0.05, 0) is 58.7 Å². The van der Waals surface area contributed by atoms with Crippen molar-refractivity contribution in [2.75, 3.05) is 5.73 Å². The van der Waals surface area contributed by atoms with Crippen molar-refractivity contribution in [3.63, 3.8) is 0 Å². The van der Waals surface area contributed by atoms with Crippen molar-refractivity contribution >= 4 is 47.6 Å². The Morgan fingerprint density at radius 2 is 1.71 bits per heavy atom. The highest BCUT2D eigenvalue weighted by atomic mass is 79.9. The minimum atomic E-state index is -3.62. The van der Waals surface area contributed by atoms with Gasteiger partial charge in [0.05, 0.1) is 4.90 Å². The lowest BCUT2D eigenvalue weighted by Gasteiger charge is -2.15. The third-order valence-corrected chi connectivity index (χ3v) is 5.77. The zero-order chi connectivity index (χ0) is 15.6. The maximum Gasteiger partial charge on any atom is 0.241 e. The van der Waals surface area contributed by atoms with E-state index in [0.29, 0.717) is 10.2 Å². The number of halogens is 2. The molecular formula is C14H14Br2N2O2S. The molecule has 0 aromatic heterocycles. The molecule has 21 heavy (non-hydrogen) atoms. The summed E-state index contributed by atoms with van der Waals surface area (Å²) in [6.07, 6.45) is 0. The predicted molar refractivity (Wildman–Crippen MR) is 91.4 cm³/mol. The molecule has 7 heteroatoms. The number of hydrogen-bond acceptors (Lipinski definition) is 3. The number of nitrogen functional groups attached to an aromatic ring is 1. The highest BCUT2D eigenvalue weighted by molar-refractivity contribution is 9.10. The summed E-state index contributed by atoms with van der Waals surface area (Å²) in [7, 11) is -3.62. The van der Waals surface area contributed by atoms with E-state index in [-0.39, 0.29) is 10.9 Å². The van der Waals surface area contributed by atoms with Gasteiger partial charge in [0.15, 0.2) is 0 Å². The maximum atomic E-state index is 12.4. The standard InChI is InChI=1S/C14H14Br2N2O2S/c1-9(10-2-4-11(15)5-3-10)18-21(19,20)12-6-7-13(16)14(17)8-12/h2-9,18H,17H2,1H3/t9-/m0/s1. The van der Waals surface area contributed by atoms with Crippen molar-refractivity contribution in [1.82, 2.24) is 4.72 Å². The first-order valence-electron chi connectivity index (χ1n) is 6.12. The summed E-state index contributed by atoms with van der Waals surface area (Å²) in [5.41, 5.74) is 7.00. The van der Waals surface area contributed by atoms with Gasteiger partial charge in [-0.1, -0.05) is 28.1 Å². The number of rotatable bonds is 4. The quantitative estimate of drug-likeness (QED) is 0.719. The van der Waals surface area contributed by atoms with E-state index < -0.39 is 10.0 Å². The lowest BCUT2D eigenvalue weighted by Crippen LogP contribution is -2.27. The lowest BCUT2D eigenvalue weighted by atomic mass is 10.1. The number of benzene rings is 2. The van der Waals surface area contributed by atoms with Gasteiger partial charge < -0.3 is 5.73 Å². The van der Waals surface area contributed by atoms with Crippen LogP contribution in [0.15, 0.2) is 56.3 Å². The molecule has 2 aromatic rings. The monoisotopic (exact) mass is 432 g/mol. The minimum Gasteiger partial charge on any atom is -0.398 e. The Morgan fingerprint density at radius 3 is 2.29 bits per heavy atom. The molecule has 0 spiro atoms. The minimum absolute atomic E-state index is 0.146. The normalized spacial score (nSPS) is 13.1. The Hall–Kier alpha value is -0.890. The summed E-state index contributed by atoms with van der Waals surface area (Å²) in [5.74, 6) is 0. The first-order valence-corrected chi connectivity index (χ1v) is 9.19. The Balaban J connectivity index is 2.24. The van der Waals surface area contributed by atoms with Gasteiger partial charge in [-0.3, -0.25) is 0 Å². The van der Waals surface area contributed by atoms with E-state index in [1.54, 1.807) is 13.0 Å². The molecule has 0 unspecified atom stereocenters. The molecule has 0 aliphatic heterocycles. The highest BCUT2D eigenvalue weighted by Gasteiger charge is 2.19. The van der Waals surface area contributed by atoms with Crippen LogP contribution in [0.25, 0.3) is 0 Å². The Bertz CT molecular complexity index is 746. The van der Waals surface area contributed by atoms with Crippen molar-refractivity contribution in [1.29, 1.82) is 0 Å². The average Bonchev–Trinajstić information content (AvgIpc) is 2.42. The van der Waals surface area contributed by atoms with Crippen LogP contribution in [0.4, 0.5) is 5.69 Å². The van der Waals surface area contributed by atoms with E-state index in [9.17, 15) is 8.42 Å². The summed E-state index contributed by atoms with van der Waals surface area (Å²) in [6, 6.07) is 11.7. The number of anilines is 1. The molecule has 0 fully saturated rings. The third-order valence-electron chi connectivity index (χ3n) is 2.98. The topological polar surface area (TPSA) is 72.2 Å². The van der Waals surface area contributed by atoms with E-state index in [1.165, 1.54) is 12.1 Å². The van der Waals surface area contributed by atoms with E-state index in [2.05, 4.69) is 36.6 Å². The zero-order valence-electron chi connectivity index (χ0n) is 11.2. The van der Waals surface area contributed by atoms with Crippen LogP contribution in [0.5, 0.6) is 0 Å². The van der Waals surface area contributed by atoms with Crippen LogP contribution in [0.1, 0.15) is 18.5 Å². The van der Waals surface area contributed by atoms with Crippen LogP contribution in [-0.4, -0.2) is 8.42 Å². The van der Waals surface area contributed by atoms with Gasteiger partial charge in [0, 0.05) is 20.7 Å². The number of nitrogens with two attached hydrogens (primary N) is 1. The Labute approximate surface area is 141 Å². The van der Waals surface area contributed by atoms with Gasteiger partial charge in [-0.25, -0.2) is 13.1 Å². The number of hydrogen-bond donors (Lipinski definition) is 2. The van der Waals surface area contributed by atoms with E-state index >= 15 is 0 Å². The lowest BCUT2D eigenvalue weighted by molar-refractivity contribution is 0.567. The molecular weight excluding hydrogens is 420 g/mol. The fourth-order valence-electron chi connectivity index (χ4n) is 1.81. The summed E-state index contributed by atoms with van der Waals surface area (Å²) >= 11 is 6.60. The van der Waals surface area contributed by atoms with Gasteiger partial charge in [-0.15, -0.1) is 0 Å². The second kappa shape index (κ2) is 6.48. The van der Waals surface area contributed by atoms with E-state index in [1.807, 2.05) is 24.3 Å². The van der Waals surface area contributed by atoms with Crippen LogP contribution in [0.3, 0.4) is 0 Å². The fraction of sp³-hybridized carbons (Fsp3) is 0.143. The van der Waals surface area contributed by atoms with Crippen LogP contribution < -0.4 is 10.5 Å². The first kappa shape index (κ1) is 16.5. The predicted octanol–water partition coefficient (Wildman–Crippen LogP) is 3.83. The first-order chi connectivity index (χ1) is 9.79. The molecule has 0 aliphatic rings. The molecule has 1 atom stereocenters. The number of sulfonamides is 1. The molecule has 0 amide bonds. The summed E-state index contributed by atoms with van der Waals surface area (Å²) < 4.78 is 29.0. The molecule has 2 rings (SSSR count). The molecule has 3 N–H and O–H groups in total. The Kier molecular flexibility index (Phi) is 5.08. The third kappa shape index (κ3) is 4.06. The molecule has 0 aliphatic carbocycles.